The molecule has 0 spiro atoms. The van der Waals surface area contributed by atoms with E-state index in [9.17, 15) is 4.79 Å². The zero-order valence-electron chi connectivity index (χ0n) is 11.1. The highest BCUT2D eigenvalue weighted by Gasteiger charge is 2.27. The zero-order valence-corrected chi connectivity index (χ0v) is 11.1. The van der Waals surface area contributed by atoms with Crippen LogP contribution in [0.15, 0.2) is 12.4 Å². The third-order valence-electron chi connectivity index (χ3n) is 3.18. The molecular formula is C13H21N3O2. The second kappa shape index (κ2) is 6.00. The van der Waals surface area contributed by atoms with Gasteiger partial charge in [0.15, 0.2) is 0 Å². The number of carbonyl (C=O) groups excluding carboxylic acids is 1. The molecule has 1 heterocycles. The highest BCUT2D eigenvalue weighted by molar-refractivity contribution is 5.77. The van der Waals surface area contributed by atoms with Gasteiger partial charge in [0.1, 0.15) is 6.04 Å². The maximum atomic E-state index is 11.8. The lowest BCUT2D eigenvalue weighted by Gasteiger charge is -2.14. The minimum absolute atomic E-state index is 0.244. The highest BCUT2D eigenvalue weighted by Crippen LogP contribution is 2.28. The Hall–Kier alpha value is -1.36. The van der Waals surface area contributed by atoms with Crippen LogP contribution >= 0.6 is 0 Å². The van der Waals surface area contributed by atoms with Gasteiger partial charge in [-0.25, -0.2) is 4.79 Å². The predicted molar refractivity (Wildman–Crippen MR) is 68.0 cm³/mol. The summed E-state index contributed by atoms with van der Waals surface area (Å²) in [5, 5.41) is 7.53. The summed E-state index contributed by atoms with van der Waals surface area (Å²) in [6, 6.07) is -0.388. The van der Waals surface area contributed by atoms with Gasteiger partial charge in [-0.05, 0) is 31.7 Å². The van der Waals surface area contributed by atoms with Crippen LogP contribution in [0.2, 0.25) is 0 Å². The van der Waals surface area contributed by atoms with Gasteiger partial charge >= 0.3 is 5.97 Å². The molecule has 0 saturated heterocycles. The predicted octanol–water partition coefficient (Wildman–Crippen LogP) is 1.51. The van der Waals surface area contributed by atoms with Crippen LogP contribution in [0.3, 0.4) is 0 Å². The fraction of sp³-hybridized carbons (Fsp3) is 0.692. The van der Waals surface area contributed by atoms with Crippen molar-refractivity contribution in [2.45, 2.75) is 38.8 Å². The van der Waals surface area contributed by atoms with E-state index < -0.39 is 0 Å². The molecule has 1 saturated carbocycles. The topological polar surface area (TPSA) is 56.2 Å². The number of aromatic nitrogens is 2. The first-order valence-corrected chi connectivity index (χ1v) is 6.58. The fourth-order valence-electron chi connectivity index (χ4n) is 1.94. The normalized spacial score (nSPS) is 16.6. The summed E-state index contributed by atoms with van der Waals surface area (Å²) in [6.07, 6.45) is 7.22. The minimum Gasteiger partial charge on any atom is -0.468 e. The second-order valence-electron chi connectivity index (χ2n) is 4.84. The molecule has 100 valence electrons. The molecule has 0 radical (unpaired) electrons. The SMILES string of the molecule is CCCn1cc(C(NCC2CC2)C(=O)OC)cn1. The molecule has 2 rings (SSSR count). The van der Waals surface area contributed by atoms with Crippen molar-refractivity contribution < 1.29 is 9.53 Å². The first-order chi connectivity index (χ1) is 8.74. The highest BCUT2D eigenvalue weighted by atomic mass is 16.5. The molecule has 18 heavy (non-hydrogen) atoms. The van der Waals surface area contributed by atoms with Gasteiger partial charge in [-0.1, -0.05) is 6.92 Å². The van der Waals surface area contributed by atoms with Gasteiger partial charge < -0.3 is 10.1 Å². The monoisotopic (exact) mass is 251 g/mol. The average Bonchev–Trinajstić information content (AvgIpc) is 3.09. The Morgan fingerprint density at radius 1 is 1.67 bits per heavy atom. The van der Waals surface area contributed by atoms with Crippen molar-refractivity contribution in [3.63, 3.8) is 0 Å². The molecular weight excluding hydrogens is 230 g/mol. The summed E-state index contributed by atoms with van der Waals surface area (Å²) < 4.78 is 6.72. The maximum Gasteiger partial charge on any atom is 0.327 e. The molecule has 1 aliphatic carbocycles. The third kappa shape index (κ3) is 3.32. The van der Waals surface area contributed by atoms with Crippen LogP contribution in [0.25, 0.3) is 0 Å². The van der Waals surface area contributed by atoms with E-state index >= 15 is 0 Å². The van der Waals surface area contributed by atoms with E-state index in [-0.39, 0.29) is 12.0 Å². The largest absolute Gasteiger partial charge is 0.468 e. The quantitative estimate of drug-likeness (QED) is 0.746. The van der Waals surface area contributed by atoms with Gasteiger partial charge in [-0.2, -0.15) is 5.10 Å². The van der Waals surface area contributed by atoms with Gasteiger partial charge in [0.2, 0.25) is 0 Å². The Morgan fingerprint density at radius 3 is 3.06 bits per heavy atom. The average molecular weight is 251 g/mol. The van der Waals surface area contributed by atoms with Gasteiger partial charge in [0, 0.05) is 18.3 Å². The van der Waals surface area contributed by atoms with Crippen LogP contribution in [-0.2, 0) is 16.1 Å². The second-order valence-corrected chi connectivity index (χ2v) is 4.84. The standard InChI is InChI=1S/C13H21N3O2/c1-3-6-16-9-11(8-15-16)12(13(17)18-2)14-7-10-4-5-10/h8-10,12,14H,3-7H2,1-2H3. The lowest BCUT2D eigenvalue weighted by molar-refractivity contribution is -0.143. The zero-order chi connectivity index (χ0) is 13.0. The summed E-state index contributed by atoms with van der Waals surface area (Å²) in [6.45, 7) is 3.85. The number of ether oxygens (including phenoxy) is 1. The number of nitrogens with one attached hydrogen (secondary N) is 1. The Bertz CT molecular complexity index is 399. The van der Waals surface area contributed by atoms with Crippen LogP contribution in [0.1, 0.15) is 37.8 Å². The van der Waals surface area contributed by atoms with Crippen molar-refractivity contribution in [2.24, 2.45) is 5.92 Å². The number of methoxy groups -OCH3 is 1. The van der Waals surface area contributed by atoms with Crippen molar-refractivity contribution in [3.8, 4) is 0 Å². The molecule has 0 aliphatic heterocycles. The molecule has 1 aromatic rings. The summed E-state index contributed by atoms with van der Waals surface area (Å²) in [5.41, 5.74) is 0.885. The molecule has 0 amide bonds. The van der Waals surface area contributed by atoms with Crippen molar-refractivity contribution in [1.29, 1.82) is 0 Å². The summed E-state index contributed by atoms with van der Waals surface area (Å²) >= 11 is 0. The van der Waals surface area contributed by atoms with Crippen molar-refractivity contribution in [3.05, 3.63) is 18.0 Å². The van der Waals surface area contributed by atoms with E-state index in [0.717, 1.165) is 31.0 Å². The van der Waals surface area contributed by atoms with Crippen LogP contribution in [0, 0.1) is 5.92 Å². The molecule has 1 aromatic heterocycles. The molecule has 0 aromatic carbocycles. The fourth-order valence-corrected chi connectivity index (χ4v) is 1.94. The summed E-state index contributed by atoms with van der Waals surface area (Å²) in [7, 11) is 1.42. The van der Waals surface area contributed by atoms with Gasteiger partial charge in [-0.15, -0.1) is 0 Å². The Labute approximate surface area is 108 Å². The van der Waals surface area contributed by atoms with Crippen molar-refractivity contribution in [1.82, 2.24) is 15.1 Å². The number of hydrogen-bond acceptors (Lipinski definition) is 4. The number of aryl methyl sites for hydroxylation is 1. The first kappa shape index (κ1) is 13.1. The molecule has 5 nitrogen and oxygen atoms in total. The number of nitrogens with zero attached hydrogens (tertiary/aromatic N) is 2. The van der Waals surface area contributed by atoms with E-state index in [0.29, 0.717) is 0 Å². The lowest BCUT2D eigenvalue weighted by atomic mass is 10.1. The summed E-state index contributed by atoms with van der Waals surface area (Å²) in [4.78, 5) is 11.8. The Morgan fingerprint density at radius 2 is 2.44 bits per heavy atom. The smallest absolute Gasteiger partial charge is 0.327 e. The first-order valence-electron chi connectivity index (χ1n) is 6.58. The van der Waals surface area contributed by atoms with Crippen molar-refractivity contribution in [2.75, 3.05) is 13.7 Å². The number of carbonyl (C=O) groups is 1. The van der Waals surface area contributed by atoms with E-state index in [2.05, 4.69) is 17.3 Å². The molecule has 1 unspecified atom stereocenters. The van der Waals surface area contributed by atoms with Gasteiger partial charge in [-0.3, -0.25) is 4.68 Å². The van der Waals surface area contributed by atoms with Crippen molar-refractivity contribution >= 4 is 5.97 Å². The Balaban J connectivity index is 2.02. The van der Waals surface area contributed by atoms with Crippen LogP contribution in [-0.4, -0.2) is 29.4 Å². The third-order valence-corrected chi connectivity index (χ3v) is 3.18. The van der Waals surface area contributed by atoms with Crippen LogP contribution < -0.4 is 5.32 Å². The van der Waals surface area contributed by atoms with E-state index in [1.807, 2.05) is 10.9 Å². The van der Waals surface area contributed by atoms with Gasteiger partial charge in [0.25, 0.3) is 0 Å². The Kier molecular flexibility index (Phi) is 4.36. The molecule has 1 fully saturated rings. The van der Waals surface area contributed by atoms with E-state index in [1.54, 1.807) is 6.20 Å². The number of rotatable bonds is 7. The lowest BCUT2D eigenvalue weighted by Crippen LogP contribution is -2.30. The number of esters is 1. The summed E-state index contributed by atoms with van der Waals surface area (Å²) in [5.74, 6) is 0.481. The van der Waals surface area contributed by atoms with E-state index in [1.165, 1.54) is 20.0 Å². The molecule has 0 bridgehead atoms. The number of hydrogen-bond donors (Lipinski definition) is 1. The molecule has 1 N–H and O–H groups in total. The van der Waals surface area contributed by atoms with Gasteiger partial charge in [0.05, 0.1) is 13.3 Å². The maximum absolute atomic E-state index is 11.8. The molecule has 1 atom stereocenters. The van der Waals surface area contributed by atoms with E-state index in [4.69, 9.17) is 4.74 Å². The van der Waals surface area contributed by atoms with Crippen LogP contribution in [0.5, 0.6) is 0 Å². The molecule has 5 heteroatoms. The molecule has 1 aliphatic rings. The minimum atomic E-state index is -0.388. The van der Waals surface area contributed by atoms with Crippen LogP contribution in [0.4, 0.5) is 0 Å².